The lowest BCUT2D eigenvalue weighted by Gasteiger charge is -2.06. The minimum atomic E-state index is 0.303. The van der Waals surface area contributed by atoms with E-state index in [0.29, 0.717) is 20.0 Å². The zero-order chi connectivity index (χ0) is 10.6. The Balaban J connectivity index is 2.65. The van der Waals surface area contributed by atoms with Gasteiger partial charge in [-0.1, -0.05) is 38.1 Å². The summed E-state index contributed by atoms with van der Waals surface area (Å²) in [7, 11) is 0.421. The molecule has 0 fully saturated rings. The minimum absolute atomic E-state index is 0.303. The van der Waals surface area contributed by atoms with E-state index in [-0.39, 0.29) is 0 Å². The van der Waals surface area contributed by atoms with E-state index in [4.69, 9.17) is 0 Å². The minimum Gasteiger partial charge on any atom is -0.289 e. The van der Waals surface area contributed by atoms with Crippen LogP contribution in [0.15, 0.2) is 24.3 Å². The standard InChI is InChI=1S/C12H17OP/c1-9(2)8-14-12(13)11-7-5-4-6-10(11)3/h4-7,9,14H,8H2,1-3H3. The second kappa shape index (κ2) is 5.26. The van der Waals surface area contributed by atoms with Gasteiger partial charge in [-0.3, -0.25) is 4.79 Å². The SMILES string of the molecule is Cc1ccccc1C(=O)PCC(C)C. The molecule has 0 heterocycles. The molecule has 76 valence electrons. The van der Waals surface area contributed by atoms with Crippen molar-refractivity contribution in [1.82, 2.24) is 0 Å². The second-order valence-electron chi connectivity index (χ2n) is 3.92. The van der Waals surface area contributed by atoms with E-state index in [9.17, 15) is 4.79 Å². The summed E-state index contributed by atoms with van der Waals surface area (Å²) in [5, 5.41) is 0. The van der Waals surface area contributed by atoms with Crippen molar-refractivity contribution >= 4 is 14.1 Å². The van der Waals surface area contributed by atoms with Gasteiger partial charge in [-0.2, -0.15) is 0 Å². The van der Waals surface area contributed by atoms with Crippen molar-refractivity contribution in [2.45, 2.75) is 20.8 Å². The molecular weight excluding hydrogens is 191 g/mol. The van der Waals surface area contributed by atoms with Crippen molar-refractivity contribution in [1.29, 1.82) is 0 Å². The Kier molecular flexibility index (Phi) is 4.28. The number of rotatable bonds is 4. The van der Waals surface area contributed by atoms with Gasteiger partial charge >= 0.3 is 0 Å². The van der Waals surface area contributed by atoms with Gasteiger partial charge in [0.1, 0.15) is 0 Å². The molecule has 1 unspecified atom stereocenters. The van der Waals surface area contributed by atoms with Gasteiger partial charge in [0.2, 0.25) is 0 Å². The summed E-state index contributed by atoms with van der Waals surface area (Å²) in [5.74, 6) is 0.612. The summed E-state index contributed by atoms with van der Waals surface area (Å²) in [6.07, 6.45) is 1.01. The molecule has 0 aliphatic carbocycles. The van der Waals surface area contributed by atoms with Gasteiger partial charge in [-0.25, -0.2) is 0 Å². The highest BCUT2D eigenvalue weighted by Crippen LogP contribution is 2.23. The molecule has 1 atom stereocenters. The number of benzene rings is 1. The topological polar surface area (TPSA) is 17.1 Å². The molecule has 0 amide bonds. The molecule has 0 saturated heterocycles. The number of hydrogen-bond donors (Lipinski definition) is 0. The quantitative estimate of drug-likeness (QED) is 0.692. The first-order chi connectivity index (χ1) is 6.61. The molecule has 0 bridgehead atoms. The Morgan fingerprint density at radius 3 is 2.57 bits per heavy atom. The van der Waals surface area contributed by atoms with Gasteiger partial charge in [-0.15, -0.1) is 0 Å². The van der Waals surface area contributed by atoms with Gasteiger partial charge in [0.05, 0.1) is 0 Å². The summed E-state index contributed by atoms with van der Waals surface area (Å²) in [5.41, 5.74) is 2.29. The number of hydrogen-bond acceptors (Lipinski definition) is 1. The lowest BCUT2D eigenvalue weighted by molar-refractivity contribution is 0.108. The molecule has 1 rings (SSSR count). The highest BCUT2D eigenvalue weighted by molar-refractivity contribution is 7.58. The Morgan fingerprint density at radius 1 is 1.36 bits per heavy atom. The highest BCUT2D eigenvalue weighted by Gasteiger charge is 2.08. The summed E-state index contributed by atoms with van der Waals surface area (Å²) < 4.78 is 0. The molecule has 0 spiro atoms. The second-order valence-corrected chi connectivity index (χ2v) is 5.13. The van der Waals surface area contributed by atoms with E-state index in [1.54, 1.807) is 0 Å². The van der Waals surface area contributed by atoms with Crippen LogP contribution in [0.4, 0.5) is 0 Å². The molecule has 0 N–H and O–H groups in total. The van der Waals surface area contributed by atoms with Crippen LogP contribution in [0.3, 0.4) is 0 Å². The molecule has 2 heteroatoms. The first kappa shape index (κ1) is 11.4. The highest BCUT2D eigenvalue weighted by atomic mass is 31.1. The van der Waals surface area contributed by atoms with Crippen molar-refractivity contribution < 1.29 is 4.79 Å². The Hall–Kier alpha value is -0.680. The molecule has 0 saturated carbocycles. The van der Waals surface area contributed by atoms with Crippen molar-refractivity contribution in [3.8, 4) is 0 Å². The Labute approximate surface area is 87.7 Å². The van der Waals surface area contributed by atoms with Gasteiger partial charge in [0.25, 0.3) is 0 Å². The van der Waals surface area contributed by atoms with Crippen molar-refractivity contribution in [3.05, 3.63) is 35.4 Å². The summed E-state index contributed by atoms with van der Waals surface area (Å²) in [6, 6.07) is 7.82. The average Bonchev–Trinajstić information content (AvgIpc) is 2.15. The molecule has 0 aliphatic heterocycles. The zero-order valence-electron chi connectivity index (χ0n) is 9.00. The summed E-state index contributed by atoms with van der Waals surface area (Å²) >= 11 is 0. The smallest absolute Gasteiger partial charge is 0.181 e. The van der Waals surface area contributed by atoms with Crippen LogP contribution in [0.1, 0.15) is 29.8 Å². The zero-order valence-corrected chi connectivity index (χ0v) is 10.0. The van der Waals surface area contributed by atoms with Crippen LogP contribution in [0.25, 0.3) is 0 Å². The third-order valence-electron chi connectivity index (χ3n) is 2.06. The fraction of sp³-hybridized carbons (Fsp3) is 0.417. The van der Waals surface area contributed by atoms with E-state index in [2.05, 4.69) is 13.8 Å². The lowest BCUT2D eigenvalue weighted by Crippen LogP contribution is -1.98. The number of aryl methyl sites for hydroxylation is 1. The van der Waals surface area contributed by atoms with Crippen LogP contribution in [-0.2, 0) is 0 Å². The van der Waals surface area contributed by atoms with Crippen LogP contribution < -0.4 is 0 Å². The summed E-state index contributed by atoms with van der Waals surface area (Å²) in [4.78, 5) is 11.8. The molecule has 0 aliphatic rings. The van der Waals surface area contributed by atoms with Gasteiger partial charge in [0.15, 0.2) is 5.52 Å². The maximum atomic E-state index is 11.8. The Morgan fingerprint density at radius 2 is 2.00 bits per heavy atom. The van der Waals surface area contributed by atoms with E-state index >= 15 is 0 Å². The van der Waals surface area contributed by atoms with Crippen LogP contribution in [0.2, 0.25) is 0 Å². The molecule has 14 heavy (non-hydrogen) atoms. The van der Waals surface area contributed by atoms with E-state index in [1.165, 1.54) is 0 Å². The van der Waals surface area contributed by atoms with Crippen molar-refractivity contribution in [2.24, 2.45) is 5.92 Å². The van der Waals surface area contributed by atoms with Gasteiger partial charge < -0.3 is 0 Å². The maximum Gasteiger partial charge on any atom is 0.181 e. The van der Waals surface area contributed by atoms with Gasteiger partial charge in [-0.05, 0) is 33.1 Å². The van der Waals surface area contributed by atoms with E-state index in [1.807, 2.05) is 31.2 Å². The molecule has 1 aromatic rings. The molecule has 1 aromatic carbocycles. The molecule has 0 radical (unpaired) electrons. The van der Waals surface area contributed by atoms with Crippen LogP contribution in [0, 0.1) is 12.8 Å². The third kappa shape index (κ3) is 3.23. The van der Waals surface area contributed by atoms with E-state index in [0.717, 1.165) is 17.3 Å². The molecule has 1 nitrogen and oxygen atoms in total. The van der Waals surface area contributed by atoms with Crippen molar-refractivity contribution in [2.75, 3.05) is 6.16 Å². The predicted octanol–water partition coefficient (Wildman–Crippen LogP) is 3.47. The first-order valence-electron chi connectivity index (χ1n) is 4.95. The largest absolute Gasteiger partial charge is 0.289 e. The van der Waals surface area contributed by atoms with E-state index < -0.39 is 0 Å². The number of carbonyl (C=O) groups is 1. The van der Waals surface area contributed by atoms with Crippen LogP contribution >= 0.6 is 8.58 Å². The lowest BCUT2D eigenvalue weighted by atomic mass is 10.1. The monoisotopic (exact) mass is 208 g/mol. The average molecular weight is 208 g/mol. The fourth-order valence-corrected chi connectivity index (χ4v) is 2.28. The Bertz CT molecular complexity index is 318. The normalized spacial score (nSPS) is 11.4. The maximum absolute atomic E-state index is 11.8. The number of carbonyl (C=O) groups excluding carboxylic acids is 1. The fourth-order valence-electron chi connectivity index (χ4n) is 1.22. The molecule has 0 aromatic heterocycles. The first-order valence-corrected chi connectivity index (χ1v) is 6.16. The van der Waals surface area contributed by atoms with Gasteiger partial charge in [0, 0.05) is 5.56 Å². The third-order valence-corrected chi connectivity index (χ3v) is 3.67. The van der Waals surface area contributed by atoms with Crippen molar-refractivity contribution in [3.63, 3.8) is 0 Å². The summed E-state index contributed by atoms with van der Waals surface area (Å²) in [6.45, 7) is 6.29. The van der Waals surface area contributed by atoms with Crippen LogP contribution in [-0.4, -0.2) is 11.7 Å². The predicted molar refractivity (Wildman–Crippen MR) is 63.5 cm³/mol. The van der Waals surface area contributed by atoms with Crippen LogP contribution in [0.5, 0.6) is 0 Å². The molecular formula is C12H17OP.